The van der Waals surface area contributed by atoms with Gasteiger partial charge in [-0.25, -0.2) is 9.37 Å². The van der Waals surface area contributed by atoms with Gasteiger partial charge in [0.25, 0.3) is 0 Å². The van der Waals surface area contributed by atoms with Gasteiger partial charge in [0, 0.05) is 46.8 Å². The average molecular weight is 439 g/mol. The van der Waals surface area contributed by atoms with Crippen LogP contribution >= 0.6 is 11.5 Å². The Hall–Kier alpha value is -3.33. The van der Waals surface area contributed by atoms with E-state index in [4.69, 9.17) is 15.9 Å². The van der Waals surface area contributed by atoms with Crippen molar-refractivity contribution in [2.24, 2.45) is 5.10 Å². The minimum Gasteiger partial charge on any atom is -0.482 e. The van der Waals surface area contributed by atoms with Gasteiger partial charge in [0.2, 0.25) is 0 Å². The van der Waals surface area contributed by atoms with Crippen molar-refractivity contribution >= 4 is 28.8 Å². The number of benzene rings is 1. The Balaban J connectivity index is 1.99. The largest absolute Gasteiger partial charge is 0.482 e. The third kappa shape index (κ3) is 3.88. The van der Waals surface area contributed by atoms with Crippen LogP contribution in [0.5, 0.6) is 5.75 Å². The van der Waals surface area contributed by atoms with Crippen molar-refractivity contribution in [3.63, 3.8) is 0 Å². The summed E-state index contributed by atoms with van der Waals surface area (Å²) in [5, 5.41) is 13.2. The molecule has 0 spiro atoms. The second kappa shape index (κ2) is 8.43. The van der Waals surface area contributed by atoms with E-state index in [2.05, 4.69) is 26.8 Å². The molecular weight excluding hydrogens is 415 g/mol. The molecule has 1 aliphatic heterocycles. The first kappa shape index (κ1) is 20.9. The lowest BCUT2D eigenvalue weighted by molar-refractivity contribution is 0.227. The molecule has 0 fully saturated rings. The number of rotatable bonds is 2. The molecule has 0 aliphatic carbocycles. The van der Waals surface area contributed by atoms with Crippen LogP contribution in [0.2, 0.25) is 0 Å². The van der Waals surface area contributed by atoms with Gasteiger partial charge >= 0.3 is 0 Å². The fourth-order valence-corrected chi connectivity index (χ4v) is 4.55. The zero-order valence-corrected chi connectivity index (χ0v) is 18.3. The molecule has 31 heavy (non-hydrogen) atoms. The molecule has 2 bridgehead atoms. The Morgan fingerprint density at radius 1 is 1.39 bits per heavy atom. The highest BCUT2D eigenvalue weighted by Gasteiger charge is 2.25. The van der Waals surface area contributed by atoms with Crippen LogP contribution in [0, 0.1) is 11.2 Å². The van der Waals surface area contributed by atoms with Crippen LogP contribution in [0.4, 0.5) is 10.2 Å². The van der Waals surface area contributed by atoms with E-state index in [1.54, 1.807) is 26.2 Å². The number of nitrogens with two attached hydrogens (primary N) is 1. The third-order valence-corrected chi connectivity index (χ3v) is 6.24. The van der Waals surface area contributed by atoms with E-state index in [-0.39, 0.29) is 11.5 Å². The minimum absolute atomic E-state index is 0.187. The van der Waals surface area contributed by atoms with Gasteiger partial charge in [0.05, 0.1) is 17.1 Å². The van der Waals surface area contributed by atoms with Gasteiger partial charge in [-0.1, -0.05) is 6.92 Å². The second-order valence-corrected chi connectivity index (χ2v) is 8.07. The molecule has 4 rings (SSSR count). The highest BCUT2D eigenvalue weighted by Crippen LogP contribution is 2.37. The number of aromatic nitrogens is 2. The number of ether oxygens (including phenoxy) is 1. The second-order valence-electron chi connectivity index (χ2n) is 7.21. The van der Waals surface area contributed by atoms with Gasteiger partial charge < -0.3 is 15.9 Å². The monoisotopic (exact) mass is 438 g/mol. The minimum atomic E-state index is -0.564. The lowest BCUT2D eigenvalue weighted by Crippen LogP contribution is -2.23. The van der Waals surface area contributed by atoms with E-state index in [1.807, 2.05) is 6.07 Å². The number of nitrogen functional groups attached to an aromatic ring is 1. The summed E-state index contributed by atoms with van der Waals surface area (Å²) in [7, 11) is 1.68. The first-order valence-corrected chi connectivity index (χ1v) is 10.7. The predicted octanol–water partition coefficient (Wildman–Crippen LogP) is 4.13. The molecule has 1 atom stereocenters. The maximum absolute atomic E-state index is 14.1. The van der Waals surface area contributed by atoms with E-state index in [9.17, 15) is 4.39 Å². The SMILES string of the molecule is CCc1snc2c1-c1cnc(N)c(c1)O[C@H](C)c1cc(F)ccc1C(=N)/C(=N\NC)C2. The number of halogens is 1. The van der Waals surface area contributed by atoms with Crippen molar-refractivity contribution in [3.05, 3.63) is 58.0 Å². The normalized spacial score (nSPS) is 17.2. The predicted molar refractivity (Wildman–Crippen MR) is 122 cm³/mol. The zero-order valence-electron chi connectivity index (χ0n) is 17.5. The highest BCUT2D eigenvalue weighted by atomic mass is 32.1. The number of hydrogen-bond acceptors (Lipinski definition) is 8. The Labute approximate surface area is 183 Å². The quantitative estimate of drug-likeness (QED) is 0.521. The standard InChI is InChI=1S/C22H23FN6OS/c1-4-19-20-12-7-18(22(25)27-10-12)30-11(2)15-8-13(23)5-6-14(15)21(24)17(28-26-3)9-16(20)29-31-19/h5-8,10-11,24,26H,4,9H2,1-3H3,(H2,25,27)/b24-21?,28-17-/t11-/m1/s1. The molecule has 0 saturated carbocycles. The molecule has 3 aromatic rings. The van der Waals surface area contributed by atoms with Gasteiger partial charge in [-0.2, -0.15) is 9.47 Å². The zero-order chi connectivity index (χ0) is 22.1. The van der Waals surface area contributed by atoms with E-state index in [0.29, 0.717) is 29.0 Å². The fraction of sp³-hybridized carbons (Fsp3) is 0.273. The van der Waals surface area contributed by atoms with E-state index < -0.39 is 11.9 Å². The van der Waals surface area contributed by atoms with Gasteiger partial charge in [-0.3, -0.25) is 5.41 Å². The lowest BCUT2D eigenvalue weighted by Gasteiger charge is -2.21. The molecule has 4 N–H and O–H groups in total. The first-order valence-electron chi connectivity index (χ1n) is 9.94. The Bertz CT molecular complexity index is 1190. The summed E-state index contributed by atoms with van der Waals surface area (Å²) in [6.07, 6.45) is 2.30. The molecule has 0 radical (unpaired) electrons. The smallest absolute Gasteiger partial charge is 0.166 e. The third-order valence-electron chi connectivity index (χ3n) is 5.22. The molecule has 160 valence electrons. The number of anilines is 1. The Kier molecular flexibility index (Phi) is 5.69. The van der Waals surface area contributed by atoms with Crippen LogP contribution in [-0.4, -0.2) is 27.8 Å². The Morgan fingerprint density at radius 3 is 2.94 bits per heavy atom. The number of nitrogens with one attached hydrogen (secondary N) is 2. The van der Waals surface area contributed by atoms with Crippen LogP contribution < -0.4 is 15.9 Å². The molecule has 2 aromatic heterocycles. The van der Waals surface area contributed by atoms with Gasteiger partial charge in [-0.15, -0.1) is 0 Å². The summed E-state index contributed by atoms with van der Waals surface area (Å²) in [4.78, 5) is 5.44. The molecular formula is C22H23FN6OS. The summed E-state index contributed by atoms with van der Waals surface area (Å²) < 4.78 is 24.9. The number of hydrogen-bond donors (Lipinski definition) is 3. The van der Waals surface area contributed by atoms with Gasteiger partial charge in [-0.05, 0) is 49.1 Å². The highest BCUT2D eigenvalue weighted by molar-refractivity contribution is 7.06. The summed E-state index contributed by atoms with van der Waals surface area (Å²) in [5.41, 5.74) is 13.2. The topological polar surface area (TPSA) is 109 Å². The van der Waals surface area contributed by atoms with Crippen molar-refractivity contribution in [1.29, 1.82) is 5.41 Å². The van der Waals surface area contributed by atoms with Crippen molar-refractivity contribution in [2.45, 2.75) is 32.8 Å². The molecule has 0 amide bonds. The maximum atomic E-state index is 14.1. The number of hydrazone groups is 1. The van der Waals surface area contributed by atoms with Crippen LogP contribution in [0.15, 0.2) is 35.6 Å². The summed E-state index contributed by atoms with van der Waals surface area (Å²) in [6, 6.07) is 6.16. The molecule has 0 unspecified atom stereocenters. The number of pyridine rings is 1. The van der Waals surface area contributed by atoms with E-state index in [1.165, 1.54) is 23.7 Å². The van der Waals surface area contributed by atoms with Crippen molar-refractivity contribution in [3.8, 4) is 16.9 Å². The van der Waals surface area contributed by atoms with Crippen molar-refractivity contribution in [2.75, 3.05) is 12.8 Å². The molecule has 1 aromatic carbocycles. The van der Waals surface area contributed by atoms with Crippen molar-refractivity contribution in [1.82, 2.24) is 14.8 Å². The molecule has 3 heterocycles. The summed E-state index contributed by atoms with van der Waals surface area (Å²) in [6.45, 7) is 3.87. The molecule has 9 heteroatoms. The van der Waals surface area contributed by atoms with Crippen LogP contribution in [0.3, 0.4) is 0 Å². The van der Waals surface area contributed by atoms with E-state index in [0.717, 1.165) is 28.1 Å². The summed E-state index contributed by atoms with van der Waals surface area (Å²) in [5.74, 6) is 0.256. The van der Waals surface area contributed by atoms with Crippen LogP contribution in [0.25, 0.3) is 11.1 Å². The molecule has 7 nitrogen and oxygen atoms in total. The molecule has 1 aliphatic rings. The summed E-state index contributed by atoms with van der Waals surface area (Å²) >= 11 is 1.43. The average Bonchev–Trinajstić information content (AvgIpc) is 3.16. The van der Waals surface area contributed by atoms with Crippen molar-refractivity contribution < 1.29 is 9.13 Å². The number of aryl methyl sites for hydroxylation is 1. The maximum Gasteiger partial charge on any atom is 0.166 e. The fourth-order valence-electron chi connectivity index (χ4n) is 3.72. The van der Waals surface area contributed by atoms with Crippen LogP contribution in [-0.2, 0) is 12.8 Å². The van der Waals surface area contributed by atoms with Gasteiger partial charge in [0.15, 0.2) is 11.6 Å². The number of nitrogens with zero attached hydrogens (tertiary/aromatic N) is 3. The first-order chi connectivity index (χ1) is 14.9. The van der Waals surface area contributed by atoms with Gasteiger partial charge in [0.1, 0.15) is 11.9 Å². The lowest BCUT2D eigenvalue weighted by atomic mass is 9.93. The number of fused-ring (bicyclic) bond motifs is 5. The molecule has 0 saturated heterocycles. The van der Waals surface area contributed by atoms with E-state index >= 15 is 0 Å². The van der Waals surface area contributed by atoms with Crippen LogP contribution in [0.1, 0.15) is 41.6 Å². The Morgan fingerprint density at radius 2 is 2.19 bits per heavy atom.